The predicted octanol–water partition coefficient (Wildman–Crippen LogP) is 3.40. The van der Waals surface area contributed by atoms with E-state index in [4.69, 9.17) is 4.42 Å². The summed E-state index contributed by atoms with van der Waals surface area (Å²) in [6, 6.07) is 3.02. The fourth-order valence-electron chi connectivity index (χ4n) is 1.58. The third kappa shape index (κ3) is 1.51. The molecule has 0 saturated carbocycles. The van der Waals surface area contributed by atoms with Gasteiger partial charge in [-0.2, -0.15) is 0 Å². The summed E-state index contributed by atoms with van der Waals surface area (Å²) in [6.45, 7) is 0. The van der Waals surface area contributed by atoms with Crippen LogP contribution in [0.25, 0.3) is 6.20 Å². The van der Waals surface area contributed by atoms with Crippen LogP contribution in [-0.4, -0.2) is 14.5 Å². The lowest BCUT2D eigenvalue weighted by Gasteiger charge is -2.20. The number of halogens is 1. The topological polar surface area (TPSA) is 74.1 Å². The number of rotatable bonds is 2. The van der Waals surface area contributed by atoms with Crippen LogP contribution in [0.3, 0.4) is 0 Å². The van der Waals surface area contributed by atoms with Crippen LogP contribution in [0.2, 0.25) is 0 Å². The van der Waals surface area contributed by atoms with Gasteiger partial charge in [-0.05, 0) is 39.9 Å². The Bertz CT molecular complexity index is 635. The fraction of sp³-hybridized carbons (Fsp3) is 0. The Labute approximate surface area is 109 Å². The van der Waals surface area contributed by atoms with Crippen molar-refractivity contribution in [3.05, 3.63) is 40.0 Å². The first-order valence-electron chi connectivity index (χ1n) is 4.59. The van der Waals surface area contributed by atoms with Gasteiger partial charge in [0.1, 0.15) is 4.92 Å². The first-order valence-corrected chi connectivity index (χ1v) is 8.83. The van der Waals surface area contributed by atoms with Gasteiger partial charge in [0.25, 0.3) is 0 Å². The highest BCUT2D eigenvalue weighted by molar-refractivity contribution is 14.2. The number of nitro groups is 1. The summed E-state index contributed by atoms with van der Waals surface area (Å²) in [4.78, 5) is 14.4. The minimum absolute atomic E-state index is 0.234. The predicted molar refractivity (Wildman–Crippen MR) is 71.1 cm³/mol. The number of aromatic nitrogens is 2. The van der Waals surface area contributed by atoms with Gasteiger partial charge in [-0.25, -0.2) is 4.98 Å². The minimum Gasteiger partial charge on any atom is -0.394 e. The van der Waals surface area contributed by atoms with E-state index < -0.39 is 12.1 Å². The average Bonchev–Trinajstić information content (AvgIpc) is 2.96. The number of hydrogen-bond donors (Lipinski definition) is 0. The van der Waals surface area contributed by atoms with Crippen molar-refractivity contribution >= 4 is 40.5 Å². The van der Waals surface area contributed by atoms with E-state index >= 15 is 0 Å². The van der Waals surface area contributed by atoms with Crippen molar-refractivity contribution in [3.8, 4) is 0 Å². The Morgan fingerprint density at radius 1 is 1.53 bits per heavy atom. The molecule has 0 aliphatic carbocycles. The Morgan fingerprint density at radius 3 is 3.06 bits per heavy atom. The fourth-order valence-corrected chi connectivity index (χ4v) is 5.56. The maximum atomic E-state index is 10.6. The molecule has 3 rings (SSSR count). The number of furan rings is 1. The lowest BCUT2D eigenvalue weighted by Crippen LogP contribution is -1.91. The van der Waals surface area contributed by atoms with Crippen molar-refractivity contribution in [3.63, 3.8) is 0 Å². The zero-order valence-corrected chi connectivity index (χ0v) is 11.3. The lowest BCUT2D eigenvalue weighted by molar-refractivity contribution is -0.403. The zero-order chi connectivity index (χ0) is 12.0. The van der Waals surface area contributed by atoms with Crippen molar-refractivity contribution in [2.24, 2.45) is 0 Å². The molecule has 17 heavy (non-hydrogen) atoms. The van der Waals surface area contributed by atoms with Crippen LogP contribution in [0.1, 0.15) is 0 Å². The van der Waals surface area contributed by atoms with Gasteiger partial charge in [-0.15, -0.1) is 0 Å². The number of imidazole rings is 1. The highest BCUT2D eigenvalue weighted by Gasteiger charge is 2.35. The third-order valence-corrected chi connectivity index (χ3v) is 7.86. The second kappa shape index (κ2) is 3.60. The smallest absolute Gasteiger partial charge is 0.394 e. The van der Waals surface area contributed by atoms with Crippen molar-refractivity contribution in [1.29, 1.82) is 0 Å². The van der Waals surface area contributed by atoms with Crippen molar-refractivity contribution in [2.75, 3.05) is 0 Å². The molecule has 0 aromatic carbocycles. The molecular weight excluding hydrogens is 357 g/mol. The van der Waals surface area contributed by atoms with Crippen molar-refractivity contribution < 1.29 is 9.34 Å². The quantitative estimate of drug-likeness (QED) is 0.466. The summed E-state index contributed by atoms with van der Waals surface area (Å²) in [7, 11) is -1.54. The van der Waals surface area contributed by atoms with E-state index in [-0.39, 0.29) is 5.88 Å². The maximum Gasteiger partial charge on any atom is 0.434 e. The first-order chi connectivity index (χ1) is 8.11. The summed E-state index contributed by atoms with van der Waals surface area (Å²) in [5.74, 6) is -0.234. The van der Waals surface area contributed by atoms with E-state index in [1.165, 1.54) is 6.07 Å². The lowest BCUT2D eigenvalue weighted by atomic mass is 10.6. The van der Waals surface area contributed by atoms with Crippen LogP contribution in [-0.2, 0) is 0 Å². The third-order valence-electron chi connectivity index (χ3n) is 2.35. The molecule has 1 unspecified atom stereocenters. The van der Waals surface area contributed by atoms with E-state index in [2.05, 4.69) is 26.2 Å². The Kier molecular flexibility index (Phi) is 2.30. The molecular formula is C9H6IN3O3S. The summed E-state index contributed by atoms with van der Waals surface area (Å²) >= 11 is 2.25. The second-order valence-electron chi connectivity index (χ2n) is 3.33. The largest absolute Gasteiger partial charge is 0.434 e. The Balaban J connectivity index is 2.10. The average molecular weight is 363 g/mol. The molecule has 0 N–H and O–H groups in total. The Hall–Kier alpha value is -1.29. The van der Waals surface area contributed by atoms with Crippen LogP contribution < -0.4 is 0 Å². The van der Waals surface area contributed by atoms with Crippen LogP contribution in [0.15, 0.2) is 44.6 Å². The van der Waals surface area contributed by atoms with Gasteiger partial charge in [0.15, 0.2) is 10.2 Å². The minimum atomic E-state index is -1.54. The zero-order valence-electron chi connectivity index (χ0n) is 8.32. The van der Waals surface area contributed by atoms with Crippen LogP contribution in [0.4, 0.5) is 5.88 Å². The molecule has 0 amide bonds. The molecule has 0 saturated heterocycles. The second-order valence-corrected chi connectivity index (χ2v) is 9.70. The Morgan fingerprint density at radius 2 is 2.35 bits per heavy atom. The number of hydrogen-bond acceptors (Lipinski definition) is 4. The standard InChI is InChI=1S/C9H6IN3O3S/c10-17(6-5-12-4-3-11-9(12)17)8-2-1-7(16-8)13(14)15/h1-6H. The van der Waals surface area contributed by atoms with Crippen molar-refractivity contribution in [1.82, 2.24) is 9.55 Å². The monoisotopic (exact) mass is 363 g/mol. The molecule has 1 aliphatic heterocycles. The molecule has 8 heteroatoms. The first kappa shape index (κ1) is 10.8. The van der Waals surface area contributed by atoms with E-state index in [0.29, 0.717) is 5.09 Å². The molecule has 1 aliphatic rings. The molecule has 2 aromatic rings. The van der Waals surface area contributed by atoms with Crippen molar-refractivity contribution in [2.45, 2.75) is 10.2 Å². The van der Waals surface area contributed by atoms with Gasteiger partial charge in [-0.3, -0.25) is 10.1 Å². The highest BCUT2D eigenvalue weighted by atomic mass is 127. The molecule has 1 atom stereocenters. The van der Waals surface area contributed by atoms with Crippen LogP contribution >= 0.6 is 28.4 Å². The molecule has 0 fully saturated rings. The van der Waals surface area contributed by atoms with Crippen LogP contribution in [0.5, 0.6) is 0 Å². The maximum absolute atomic E-state index is 10.6. The van der Waals surface area contributed by atoms with Gasteiger partial charge < -0.3 is 8.98 Å². The summed E-state index contributed by atoms with van der Waals surface area (Å²) < 4.78 is 7.18. The normalized spacial score (nSPS) is 25.5. The van der Waals surface area contributed by atoms with E-state index in [1.54, 1.807) is 12.3 Å². The summed E-state index contributed by atoms with van der Waals surface area (Å²) in [5, 5.41) is 14.0. The molecule has 0 spiro atoms. The highest BCUT2D eigenvalue weighted by Crippen LogP contribution is 2.72. The van der Waals surface area contributed by atoms with Gasteiger partial charge in [0, 0.05) is 18.6 Å². The molecule has 6 nitrogen and oxygen atoms in total. The van der Waals surface area contributed by atoms with E-state index in [9.17, 15) is 10.1 Å². The SMILES string of the molecule is O=[N+]([O-])c1ccc(S2(I)C=Cn3ccnc32)o1. The summed E-state index contributed by atoms with van der Waals surface area (Å²) in [5.41, 5.74) is 0. The molecule has 88 valence electrons. The number of nitrogens with zero attached hydrogens (tertiary/aromatic N) is 3. The molecule has 3 heterocycles. The van der Waals surface area contributed by atoms with E-state index in [0.717, 1.165) is 5.16 Å². The molecule has 0 radical (unpaired) electrons. The summed E-state index contributed by atoms with van der Waals surface area (Å²) in [6.07, 6.45) is 5.45. The van der Waals surface area contributed by atoms with E-state index in [1.807, 2.05) is 22.4 Å². The molecule has 0 bridgehead atoms. The van der Waals surface area contributed by atoms with Crippen LogP contribution in [0, 0.1) is 10.1 Å². The van der Waals surface area contributed by atoms with Gasteiger partial charge in [-0.1, -0.05) is 0 Å². The number of fused-ring (bicyclic) bond motifs is 1. The van der Waals surface area contributed by atoms with Gasteiger partial charge in [0.05, 0.1) is 6.07 Å². The molecule has 2 aromatic heterocycles. The van der Waals surface area contributed by atoms with Gasteiger partial charge >= 0.3 is 5.88 Å². The van der Waals surface area contributed by atoms with Gasteiger partial charge in [0.2, 0.25) is 0 Å².